The lowest BCUT2D eigenvalue weighted by Crippen LogP contribution is -2.36. The Balaban J connectivity index is 2.48. The molecule has 5 heteroatoms. The summed E-state index contributed by atoms with van der Waals surface area (Å²) in [5, 5.41) is 0. The Bertz CT molecular complexity index is 489. The number of esters is 2. The molecule has 1 aromatic rings. The molecule has 0 amide bonds. The molecule has 24 heavy (non-hydrogen) atoms. The highest BCUT2D eigenvalue weighted by atomic mass is 16.6. The fourth-order valence-corrected chi connectivity index (χ4v) is 2.28. The van der Waals surface area contributed by atoms with Gasteiger partial charge in [0.1, 0.15) is 6.42 Å². The predicted molar refractivity (Wildman–Crippen MR) is 93.2 cm³/mol. The van der Waals surface area contributed by atoms with Gasteiger partial charge in [-0.3, -0.25) is 14.5 Å². The summed E-state index contributed by atoms with van der Waals surface area (Å²) in [6.45, 7) is 5.09. The SMILES string of the molecule is CCCCOC(=O)CC(=O)O[C@H](CCC)N(C)Cc1ccccc1. The second kappa shape index (κ2) is 11.6. The zero-order valence-electron chi connectivity index (χ0n) is 15.0. The van der Waals surface area contributed by atoms with Crippen LogP contribution in [0.1, 0.15) is 51.5 Å². The molecule has 0 N–H and O–H groups in total. The number of unbranched alkanes of at least 4 members (excludes halogenated alkanes) is 1. The van der Waals surface area contributed by atoms with Crippen LogP contribution in [0.2, 0.25) is 0 Å². The van der Waals surface area contributed by atoms with Gasteiger partial charge in [-0.2, -0.15) is 0 Å². The number of hydrogen-bond donors (Lipinski definition) is 0. The van der Waals surface area contributed by atoms with Crippen molar-refractivity contribution in [3.63, 3.8) is 0 Å². The van der Waals surface area contributed by atoms with Crippen LogP contribution < -0.4 is 0 Å². The van der Waals surface area contributed by atoms with E-state index in [2.05, 4.69) is 0 Å². The molecule has 0 saturated heterocycles. The van der Waals surface area contributed by atoms with Crippen molar-refractivity contribution in [2.45, 2.75) is 58.7 Å². The number of hydrogen-bond acceptors (Lipinski definition) is 5. The molecule has 0 spiro atoms. The minimum absolute atomic E-state index is 0.330. The van der Waals surface area contributed by atoms with E-state index in [0.717, 1.165) is 31.2 Å². The highest BCUT2D eigenvalue weighted by Crippen LogP contribution is 2.12. The lowest BCUT2D eigenvalue weighted by molar-refractivity contribution is -0.165. The zero-order valence-corrected chi connectivity index (χ0v) is 15.0. The van der Waals surface area contributed by atoms with Crippen LogP contribution in [0, 0.1) is 0 Å². The van der Waals surface area contributed by atoms with E-state index in [-0.39, 0.29) is 12.6 Å². The van der Waals surface area contributed by atoms with Gasteiger partial charge in [0.2, 0.25) is 0 Å². The van der Waals surface area contributed by atoms with Crippen LogP contribution in [0.25, 0.3) is 0 Å². The normalized spacial score (nSPS) is 12.0. The minimum Gasteiger partial charge on any atom is -0.465 e. The lowest BCUT2D eigenvalue weighted by atomic mass is 10.2. The van der Waals surface area contributed by atoms with Crippen molar-refractivity contribution >= 4 is 11.9 Å². The number of nitrogens with zero attached hydrogens (tertiary/aromatic N) is 1. The van der Waals surface area contributed by atoms with Gasteiger partial charge in [-0.25, -0.2) is 0 Å². The van der Waals surface area contributed by atoms with Crippen molar-refractivity contribution in [2.24, 2.45) is 0 Å². The van der Waals surface area contributed by atoms with Crippen molar-refractivity contribution in [2.75, 3.05) is 13.7 Å². The summed E-state index contributed by atoms with van der Waals surface area (Å²) in [7, 11) is 1.92. The fourth-order valence-electron chi connectivity index (χ4n) is 2.28. The summed E-state index contributed by atoms with van der Waals surface area (Å²) >= 11 is 0. The average Bonchev–Trinajstić information content (AvgIpc) is 2.55. The summed E-state index contributed by atoms with van der Waals surface area (Å²) < 4.78 is 10.5. The van der Waals surface area contributed by atoms with E-state index in [1.54, 1.807) is 0 Å². The average molecular weight is 335 g/mol. The van der Waals surface area contributed by atoms with Crippen LogP contribution in [0.3, 0.4) is 0 Å². The van der Waals surface area contributed by atoms with Gasteiger partial charge in [0, 0.05) is 6.54 Å². The van der Waals surface area contributed by atoms with Crippen LogP contribution in [-0.4, -0.2) is 36.7 Å². The van der Waals surface area contributed by atoms with Crippen LogP contribution in [0.4, 0.5) is 0 Å². The maximum absolute atomic E-state index is 12.0. The van der Waals surface area contributed by atoms with E-state index in [0.29, 0.717) is 13.2 Å². The Morgan fingerprint density at radius 2 is 1.79 bits per heavy atom. The molecule has 0 bridgehead atoms. The van der Waals surface area contributed by atoms with E-state index in [1.807, 2.05) is 56.1 Å². The number of ether oxygens (including phenoxy) is 2. The van der Waals surface area contributed by atoms with E-state index in [9.17, 15) is 9.59 Å². The van der Waals surface area contributed by atoms with E-state index in [4.69, 9.17) is 9.47 Å². The molecule has 0 heterocycles. The van der Waals surface area contributed by atoms with Crippen molar-refractivity contribution in [3.05, 3.63) is 35.9 Å². The first-order valence-electron chi connectivity index (χ1n) is 8.66. The zero-order chi connectivity index (χ0) is 17.8. The lowest BCUT2D eigenvalue weighted by Gasteiger charge is -2.27. The molecule has 0 aromatic heterocycles. The van der Waals surface area contributed by atoms with Gasteiger partial charge in [0.05, 0.1) is 6.61 Å². The number of carbonyl (C=O) groups is 2. The number of carbonyl (C=O) groups excluding carboxylic acids is 2. The highest BCUT2D eigenvalue weighted by Gasteiger charge is 2.21. The molecule has 134 valence electrons. The fraction of sp³-hybridized carbons (Fsp3) is 0.579. The van der Waals surface area contributed by atoms with E-state index in [1.165, 1.54) is 0 Å². The molecule has 5 nitrogen and oxygen atoms in total. The second-order valence-corrected chi connectivity index (χ2v) is 5.88. The van der Waals surface area contributed by atoms with Crippen LogP contribution >= 0.6 is 0 Å². The van der Waals surface area contributed by atoms with Crippen molar-refractivity contribution in [1.82, 2.24) is 4.90 Å². The molecular formula is C19H29NO4. The molecule has 1 atom stereocenters. The Morgan fingerprint density at radius 1 is 1.08 bits per heavy atom. The van der Waals surface area contributed by atoms with Gasteiger partial charge in [0.15, 0.2) is 6.23 Å². The van der Waals surface area contributed by atoms with Gasteiger partial charge >= 0.3 is 11.9 Å². The first-order chi connectivity index (χ1) is 11.6. The first kappa shape index (κ1) is 20.2. The Morgan fingerprint density at radius 3 is 2.42 bits per heavy atom. The molecule has 0 aliphatic rings. The summed E-state index contributed by atoms with van der Waals surface area (Å²) in [6, 6.07) is 10.0. The van der Waals surface area contributed by atoms with Gasteiger partial charge in [-0.05, 0) is 25.5 Å². The quantitative estimate of drug-likeness (QED) is 0.268. The minimum atomic E-state index is -0.533. The van der Waals surface area contributed by atoms with E-state index >= 15 is 0 Å². The maximum Gasteiger partial charge on any atom is 0.318 e. The molecule has 1 rings (SSSR count). The molecular weight excluding hydrogens is 306 g/mol. The Kier molecular flexibility index (Phi) is 9.77. The Labute approximate surface area is 144 Å². The topological polar surface area (TPSA) is 55.8 Å². The van der Waals surface area contributed by atoms with Crippen LogP contribution in [0.5, 0.6) is 0 Å². The molecule has 1 aromatic carbocycles. The van der Waals surface area contributed by atoms with Gasteiger partial charge in [0.25, 0.3) is 0 Å². The smallest absolute Gasteiger partial charge is 0.318 e. The van der Waals surface area contributed by atoms with Gasteiger partial charge in [-0.1, -0.05) is 57.0 Å². The summed E-state index contributed by atoms with van der Waals surface area (Å²) in [4.78, 5) is 25.6. The number of rotatable bonds is 11. The van der Waals surface area contributed by atoms with Crippen molar-refractivity contribution in [1.29, 1.82) is 0 Å². The van der Waals surface area contributed by atoms with Gasteiger partial charge < -0.3 is 9.47 Å². The maximum atomic E-state index is 12.0. The summed E-state index contributed by atoms with van der Waals surface area (Å²) in [5.74, 6) is -1.05. The van der Waals surface area contributed by atoms with Gasteiger partial charge in [-0.15, -0.1) is 0 Å². The predicted octanol–water partition coefficient (Wildman–Crippen LogP) is 3.52. The molecule has 0 fully saturated rings. The largest absolute Gasteiger partial charge is 0.465 e. The molecule has 0 unspecified atom stereocenters. The summed E-state index contributed by atoms with van der Waals surface area (Å²) in [6.07, 6.45) is 2.69. The second-order valence-electron chi connectivity index (χ2n) is 5.88. The Hall–Kier alpha value is -1.88. The number of benzene rings is 1. The van der Waals surface area contributed by atoms with Crippen LogP contribution in [0.15, 0.2) is 30.3 Å². The molecule has 0 saturated carbocycles. The molecule has 0 radical (unpaired) electrons. The van der Waals surface area contributed by atoms with Crippen LogP contribution in [-0.2, 0) is 25.6 Å². The van der Waals surface area contributed by atoms with Crippen molar-refractivity contribution in [3.8, 4) is 0 Å². The van der Waals surface area contributed by atoms with E-state index < -0.39 is 11.9 Å². The third kappa shape index (κ3) is 8.11. The third-order valence-corrected chi connectivity index (χ3v) is 3.62. The monoisotopic (exact) mass is 335 g/mol. The molecule has 0 aliphatic carbocycles. The third-order valence-electron chi connectivity index (χ3n) is 3.62. The first-order valence-corrected chi connectivity index (χ1v) is 8.66. The molecule has 0 aliphatic heterocycles. The van der Waals surface area contributed by atoms with Crippen molar-refractivity contribution < 1.29 is 19.1 Å². The summed E-state index contributed by atoms with van der Waals surface area (Å²) in [5.41, 5.74) is 1.15. The standard InChI is InChI=1S/C19H29NO4/c1-4-6-13-23-18(21)14-19(22)24-17(10-5-2)20(3)15-16-11-8-7-9-12-16/h7-9,11-12,17H,4-6,10,13-15H2,1-3H3/t17-/m1/s1. The highest BCUT2D eigenvalue weighted by molar-refractivity contribution is 5.91.